The Morgan fingerprint density at radius 1 is 1.14 bits per heavy atom. The Labute approximate surface area is 124 Å². The fourth-order valence-corrected chi connectivity index (χ4v) is 2.73. The maximum atomic E-state index is 12.3. The van der Waals surface area contributed by atoms with Crippen LogP contribution < -0.4 is 9.46 Å². The Morgan fingerprint density at radius 3 is 2.38 bits per heavy atom. The molecular weight excluding hydrogens is 290 g/mol. The first-order valence-corrected chi connectivity index (χ1v) is 7.89. The highest BCUT2D eigenvalue weighted by Crippen LogP contribution is 2.20. The SMILES string of the molecule is COc1cc(NS(=O)(=O)c2ccc(C(C)C)cc2)ncn1. The molecule has 0 atom stereocenters. The maximum absolute atomic E-state index is 12.3. The minimum atomic E-state index is -3.68. The number of hydrogen-bond acceptors (Lipinski definition) is 5. The molecule has 1 aromatic heterocycles. The Morgan fingerprint density at radius 2 is 1.81 bits per heavy atom. The number of nitrogens with one attached hydrogen (secondary N) is 1. The van der Waals surface area contributed by atoms with Gasteiger partial charge in [-0.2, -0.15) is 0 Å². The van der Waals surface area contributed by atoms with Gasteiger partial charge in [0.25, 0.3) is 10.0 Å². The Balaban J connectivity index is 2.25. The molecule has 2 rings (SSSR count). The number of sulfonamides is 1. The van der Waals surface area contributed by atoms with Gasteiger partial charge in [-0.15, -0.1) is 0 Å². The van der Waals surface area contributed by atoms with Gasteiger partial charge < -0.3 is 4.74 Å². The van der Waals surface area contributed by atoms with Crippen molar-refractivity contribution in [2.45, 2.75) is 24.7 Å². The molecule has 21 heavy (non-hydrogen) atoms. The van der Waals surface area contributed by atoms with E-state index < -0.39 is 10.0 Å². The van der Waals surface area contributed by atoms with E-state index in [9.17, 15) is 8.42 Å². The van der Waals surface area contributed by atoms with Crippen molar-refractivity contribution in [3.05, 3.63) is 42.2 Å². The molecule has 0 amide bonds. The minimum absolute atomic E-state index is 0.162. The van der Waals surface area contributed by atoms with E-state index in [0.717, 1.165) is 5.56 Å². The number of rotatable bonds is 5. The average molecular weight is 307 g/mol. The first-order valence-electron chi connectivity index (χ1n) is 6.41. The van der Waals surface area contributed by atoms with Crippen molar-refractivity contribution in [3.8, 4) is 5.88 Å². The zero-order valence-corrected chi connectivity index (χ0v) is 12.9. The van der Waals surface area contributed by atoms with Gasteiger partial charge in [0, 0.05) is 6.07 Å². The monoisotopic (exact) mass is 307 g/mol. The quantitative estimate of drug-likeness (QED) is 0.917. The standard InChI is InChI=1S/C14H17N3O3S/c1-10(2)11-4-6-12(7-5-11)21(18,19)17-13-8-14(20-3)16-9-15-13/h4-10H,1-3H3,(H,15,16,17). The second kappa shape index (κ2) is 6.09. The molecule has 0 aliphatic rings. The van der Waals surface area contributed by atoms with Crippen LogP contribution in [0.15, 0.2) is 41.6 Å². The predicted octanol–water partition coefficient (Wildman–Crippen LogP) is 2.41. The molecule has 0 fully saturated rings. The van der Waals surface area contributed by atoms with Gasteiger partial charge in [-0.25, -0.2) is 18.4 Å². The first kappa shape index (κ1) is 15.2. The third kappa shape index (κ3) is 3.69. The number of hydrogen-bond donors (Lipinski definition) is 1. The molecule has 0 unspecified atom stereocenters. The molecule has 0 saturated carbocycles. The lowest BCUT2D eigenvalue weighted by molar-refractivity contribution is 0.397. The molecule has 7 heteroatoms. The van der Waals surface area contributed by atoms with Crippen LogP contribution in [-0.4, -0.2) is 25.5 Å². The Bertz CT molecular complexity index is 712. The molecule has 1 N–H and O–H groups in total. The summed E-state index contributed by atoms with van der Waals surface area (Å²) in [4.78, 5) is 7.87. The molecular formula is C14H17N3O3S. The second-order valence-electron chi connectivity index (χ2n) is 4.77. The van der Waals surface area contributed by atoms with E-state index in [2.05, 4.69) is 28.5 Å². The highest BCUT2D eigenvalue weighted by atomic mass is 32.2. The van der Waals surface area contributed by atoms with Gasteiger partial charge in [0.2, 0.25) is 5.88 Å². The van der Waals surface area contributed by atoms with Gasteiger partial charge in [-0.05, 0) is 23.6 Å². The van der Waals surface area contributed by atoms with Crippen molar-refractivity contribution >= 4 is 15.8 Å². The zero-order valence-electron chi connectivity index (χ0n) is 12.1. The first-order chi connectivity index (χ1) is 9.92. The van der Waals surface area contributed by atoms with Crippen molar-refractivity contribution in [2.24, 2.45) is 0 Å². The summed E-state index contributed by atoms with van der Waals surface area (Å²) in [5.41, 5.74) is 1.08. The number of ether oxygens (including phenoxy) is 1. The summed E-state index contributed by atoms with van der Waals surface area (Å²) in [5.74, 6) is 0.800. The van der Waals surface area contributed by atoms with Crippen LogP contribution in [0.2, 0.25) is 0 Å². The molecule has 0 aliphatic carbocycles. The van der Waals surface area contributed by atoms with Crippen LogP contribution in [0.25, 0.3) is 0 Å². The van der Waals surface area contributed by atoms with E-state index in [4.69, 9.17) is 4.74 Å². The molecule has 6 nitrogen and oxygen atoms in total. The third-order valence-corrected chi connectivity index (χ3v) is 4.32. The second-order valence-corrected chi connectivity index (χ2v) is 6.46. The molecule has 112 valence electrons. The molecule has 0 saturated heterocycles. The van der Waals surface area contributed by atoms with Crippen molar-refractivity contribution < 1.29 is 13.2 Å². The van der Waals surface area contributed by atoms with Crippen LogP contribution in [0, 0.1) is 0 Å². The summed E-state index contributed by atoms with van der Waals surface area (Å²) >= 11 is 0. The smallest absolute Gasteiger partial charge is 0.263 e. The van der Waals surface area contributed by atoms with Crippen molar-refractivity contribution in [1.29, 1.82) is 0 Å². The van der Waals surface area contributed by atoms with Crippen LogP contribution in [0.5, 0.6) is 5.88 Å². The fourth-order valence-electron chi connectivity index (χ4n) is 1.74. The number of benzene rings is 1. The molecule has 0 aliphatic heterocycles. The number of nitrogens with zero attached hydrogens (tertiary/aromatic N) is 2. The summed E-state index contributed by atoms with van der Waals surface area (Å²) in [6.07, 6.45) is 1.23. The number of methoxy groups -OCH3 is 1. The van der Waals surface area contributed by atoms with Gasteiger partial charge in [0.15, 0.2) is 0 Å². The highest BCUT2D eigenvalue weighted by molar-refractivity contribution is 7.92. The Kier molecular flexibility index (Phi) is 4.42. The van der Waals surface area contributed by atoms with E-state index in [1.807, 2.05) is 0 Å². The molecule has 0 radical (unpaired) electrons. The van der Waals surface area contributed by atoms with Crippen molar-refractivity contribution in [2.75, 3.05) is 11.8 Å². The lowest BCUT2D eigenvalue weighted by atomic mass is 10.0. The number of anilines is 1. The van der Waals surface area contributed by atoms with E-state index in [-0.39, 0.29) is 16.6 Å². The van der Waals surface area contributed by atoms with Crippen LogP contribution in [-0.2, 0) is 10.0 Å². The van der Waals surface area contributed by atoms with E-state index >= 15 is 0 Å². The van der Waals surface area contributed by atoms with E-state index in [1.54, 1.807) is 24.3 Å². The van der Waals surface area contributed by atoms with Gasteiger partial charge in [-0.3, -0.25) is 4.72 Å². The van der Waals surface area contributed by atoms with Crippen LogP contribution in [0.1, 0.15) is 25.3 Å². The van der Waals surface area contributed by atoms with Gasteiger partial charge in [0.1, 0.15) is 12.1 Å². The summed E-state index contributed by atoms with van der Waals surface area (Å²) in [7, 11) is -2.23. The predicted molar refractivity (Wildman–Crippen MR) is 79.9 cm³/mol. The van der Waals surface area contributed by atoms with Crippen molar-refractivity contribution in [1.82, 2.24) is 9.97 Å². The summed E-state index contributed by atoms with van der Waals surface area (Å²) in [6.45, 7) is 4.10. The normalized spacial score (nSPS) is 11.4. The molecule has 0 bridgehead atoms. The minimum Gasteiger partial charge on any atom is -0.481 e. The lowest BCUT2D eigenvalue weighted by Gasteiger charge is -2.09. The molecule has 0 spiro atoms. The summed E-state index contributed by atoms with van der Waals surface area (Å²) in [5, 5.41) is 0. The van der Waals surface area contributed by atoms with E-state index in [1.165, 1.54) is 19.5 Å². The molecule has 2 aromatic rings. The topological polar surface area (TPSA) is 81.2 Å². The van der Waals surface area contributed by atoms with Crippen LogP contribution in [0.4, 0.5) is 5.82 Å². The molecule has 1 heterocycles. The third-order valence-electron chi connectivity index (χ3n) is 2.95. The van der Waals surface area contributed by atoms with Crippen LogP contribution in [0.3, 0.4) is 0 Å². The van der Waals surface area contributed by atoms with Gasteiger partial charge in [-0.1, -0.05) is 26.0 Å². The average Bonchev–Trinajstić information content (AvgIpc) is 2.47. The lowest BCUT2D eigenvalue weighted by Crippen LogP contribution is -2.14. The van der Waals surface area contributed by atoms with Gasteiger partial charge in [0.05, 0.1) is 12.0 Å². The number of aromatic nitrogens is 2. The summed E-state index contributed by atoms with van der Waals surface area (Å²) in [6, 6.07) is 8.19. The maximum Gasteiger partial charge on any atom is 0.263 e. The van der Waals surface area contributed by atoms with Gasteiger partial charge >= 0.3 is 0 Å². The highest BCUT2D eigenvalue weighted by Gasteiger charge is 2.15. The van der Waals surface area contributed by atoms with Crippen molar-refractivity contribution in [3.63, 3.8) is 0 Å². The van der Waals surface area contributed by atoms with E-state index in [0.29, 0.717) is 5.92 Å². The fraction of sp³-hybridized carbons (Fsp3) is 0.286. The zero-order chi connectivity index (χ0) is 15.5. The largest absolute Gasteiger partial charge is 0.481 e. The van der Waals surface area contributed by atoms with Crippen LogP contribution >= 0.6 is 0 Å². The molecule has 1 aromatic carbocycles. The Hall–Kier alpha value is -2.15. The summed E-state index contributed by atoms with van der Waals surface area (Å²) < 4.78 is 31.9.